The number of benzene rings is 1. The van der Waals surface area contributed by atoms with Crippen LogP contribution in [-0.2, 0) is 0 Å². The van der Waals surface area contributed by atoms with Gasteiger partial charge in [-0.3, -0.25) is 4.79 Å². The number of ether oxygens (including phenoxy) is 1. The van der Waals surface area contributed by atoms with Crippen molar-refractivity contribution in [3.63, 3.8) is 0 Å². The van der Waals surface area contributed by atoms with Crippen LogP contribution < -0.4 is 10.1 Å². The molecule has 6 heteroatoms. The quantitative estimate of drug-likeness (QED) is 0.831. The van der Waals surface area contributed by atoms with E-state index in [-0.39, 0.29) is 19.0 Å². The molecule has 1 unspecified atom stereocenters. The van der Waals surface area contributed by atoms with Crippen LogP contribution in [0.5, 0.6) is 5.75 Å². The molecule has 0 aromatic heterocycles. The number of halogens is 2. The summed E-state index contributed by atoms with van der Waals surface area (Å²) in [6.07, 6.45) is 0.455. The van der Waals surface area contributed by atoms with Crippen LogP contribution in [0.3, 0.4) is 0 Å². The molecule has 0 saturated heterocycles. The van der Waals surface area contributed by atoms with Crippen molar-refractivity contribution < 1.29 is 23.4 Å². The van der Waals surface area contributed by atoms with Gasteiger partial charge in [0.15, 0.2) is 11.6 Å². The van der Waals surface area contributed by atoms with E-state index in [9.17, 15) is 13.6 Å². The number of hydrogen-bond donors (Lipinski definition) is 2. The van der Waals surface area contributed by atoms with Crippen LogP contribution >= 0.6 is 0 Å². The van der Waals surface area contributed by atoms with Crippen LogP contribution in [0.1, 0.15) is 30.6 Å². The van der Waals surface area contributed by atoms with E-state index in [2.05, 4.69) is 5.32 Å². The fraction of sp³-hybridized carbons (Fsp3) is 0.462. The second kappa shape index (κ2) is 7.04. The van der Waals surface area contributed by atoms with Crippen molar-refractivity contribution >= 4 is 5.91 Å². The highest BCUT2D eigenvalue weighted by Gasteiger charge is 2.22. The lowest BCUT2D eigenvalue weighted by molar-refractivity contribution is 0.0905. The summed E-state index contributed by atoms with van der Waals surface area (Å²) in [6, 6.07) is 1.57. The van der Waals surface area contributed by atoms with Gasteiger partial charge in [-0.25, -0.2) is 8.78 Å². The summed E-state index contributed by atoms with van der Waals surface area (Å²) < 4.78 is 32.5. The molecule has 0 spiro atoms. The zero-order valence-corrected chi connectivity index (χ0v) is 10.9. The van der Waals surface area contributed by atoms with Gasteiger partial charge < -0.3 is 15.2 Å². The number of rotatable bonds is 6. The molecule has 0 bridgehead atoms. The average molecular weight is 273 g/mol. The lowest BCUT2D eigenvalue weighted by Gasteiger charge is -2.15. The van der Waals surface area contributed by atoms with Gasteiger partial charge in [0.05, 0.1) is 19.3 Å². The summed E-state index contributed by atoms with van der Waals surface area (Å²) >= 11 is 0. The molecule has 0 radical (unpaired) electrons. The van der Waals surface area contributed by atoms with Crippen molar-refractivity contribution in [1.82, 2.24) is 5.32 Å². The van der Waals surface area contributed by atoms with E-state index in [4.69, 9.17) is 9.84 Å². The number of nitrogens with one attached hydrogen (secondary N) is 1. The fourth-order valence-electron chi connectivity index (χ4n) is 1.54. The highest BCUT2D eigenvalue weighted by atomic mass is 19.1. The number of carbonyl (C=O) groups is 1. The molecule has 1 atom stereocenters. The third-order valence-electron chi connectivity index (χ3n) is 2.63. The third-order valence-corrected chi connectivity index (χ3v) is 2.63. The smallest absolute Gasteiger partial charge is 0.257 e. The fourth-order valence-corrected chi connectivity index (χ4v) is 1.54. The van der Waals surface area contributed by atoms with Gasteiger partial charge >= 0.3 is 0 Å². The zero-order valence-electron chi connectivity index (χ0n) is 10.9. The maximum absolute atomic E-state index is 13.9. The Kier molecular flexibility index (Phi) is 5.69. The summed E-state index contributed by atoms with van der Waals surface area (Å²) in [6.45, 7) is 3.31. The molecule has 1 aromatic carbocycles. The summed E-state index contributed by atoms with van der Waals surface area (Å²) in [5, 5.41) is 11.3. The number of hydrogen-bond acceptors (Lipinski definition) is 3. The molecule has 4 nitrogen and oxygen atoms in total. The van der Waals surface area contributed by atoms with E-state index in [1.54, 1.807) is 13.8 Å². The summed E-state index contributed by atoms with van der Waals surface area (Å²) in [4.78, 5) is 11.8. The van der Waals surface area contributed by atoms with E-state index in [1.807, 2.05) is 0 Å². The van der Waals surface area contributed by atoms with Gasteiger partial charge in [-0.15, -0.1) is 0 Å². The summed E-state index contributed by atoms with van der Waals surface area (Å²) in [5.41, 5.74) is -0.696. The average Bonchev–Trinajstić information content (AvgIpc) is 2.39. The van der Waals surface area contributed by atoms with Crippen LogP contribution in [0.15, 0.2) is 12.1 Å². The first kappa shape index (κ1) is 15.4. The minimum Gasteiger partial charge on any atom is -0.491 e. The largest absolute Gasteiger partial charge is 0.491 e. The van der Waals surface area contributed by atoms with Crippen LogP contribution in [0.4, 0.5) is 8.78 Å². The minimum absolute atomic E-state index is 0.175. The topological polar surface area (TPSA) is 58.6 Å². The predicted molar refractivity (Wildman–Crippen MR) is 66.2 cm³/mol. The van der Waals surface area contributed by atoms with Crippen molar-refractivity contribution in [2.75, 3.05) is 13.2 Å². The Morgan fingerprint density at radius 1 is 1.42 bits per heavy atom. The Morgan fingerprint density at radius 3 is 2.63 bits per heavy atom. The van der Waals surface area contributed by atoms with E-state index in [0.29, 0.717) is 6.42 Å². The van der Waals surface area contributed by atoms with Crippen LogP contribution in [0.25, 0.3) is 0 Å². The van der Waals surface area contributed by atoms with Gasteiger partial charge in [0.1, 0.15) is 11.4 Å². The SMILES string of the molecule is CCOc1ccc(F)c(C(=O)NC(CC)CO)c1F. The molecule has 0 heterocycles. The Morgan fingerprint density at radius 2 is 2.11 bits per heavy atom. The number of aliphatic hydroxyl groups is 1. The Hall–Kier alpha value is -1.69. The lowest BCUT2D eigenvalue weighted by atomic mass is 10.1. The molecule has 1 amide bonds. The summed E-state index contributed by atoms with van der Waals surface area (Å²) in [5.74, 6) is -3.08. The zero-order chi connectivity index (χ0) is 14.4. The second-order valence-electron chi connectivity index (χ2n) is 3.93. The first-order valence-electron chi connectivity index (χ1n) is 6.07. The summed E-state index contributed by atoms with van der Waals surface area (Å²) in [7, 11) is 0. The second-order valence-corrected chi connectivity index (χ2v) is 3.93. The van der Waals surface area contributed by atoms with Crippen molar-refractivity contribution in [2.45, 2.75) is 26.3 Å². The molecular weight excluding hydrogens is 256 g/mol. The van der Waals surface area contributed by atoms with Crippen LogP contribution in [0.2, 0.25) is 0 Å². The normalized spacial score (nSPS) is 12.1. The van der Waals surface area contributed by atoms with E-state index < -0.39 is 29.1 Å². The van der Waals surface area contributed by atoms with E-state index in [0.717, 1.165) is 12.1 Å². The van der Waals surface area contributed by atoms with Crippen molar-refractivity contribution in [3.8, 4) is 5.75 Å². The van der Waals surface area contributed by atoms with Gasteiger partial charge in [-0.05, 0) is 25.5 Å². The highest BCUT2D eigenvalue weighted by molar-refractivity contribution is 5.95. The number of carbonyl (C=O) groups excluding carboxylic acids is 1. The van der Waals surface area contributed by atoms with Crippen molar-refractivity contribution in [1.29, 1.82) is 0 Å². The lowest BCUT2D eigenvalue weighted by Crippen LogP contribution is -2.37. The monoisotopic (exact) mass is 273 g/mol. The molecule has 0 aliphatic heterocycles. The number of amides is 1. The van der Waals surface area contributed by atoms with Gasteiger partial charge in [-0.2, -0.15) is 0 Å². The molecule has 0 aliphatic rings. The van der Waals surface area contributed by atoms with Crippen molar-refractivity contribution in [3.05, 3.63) is 29.3 Å². The molecule has 106 valence electrons. The molecule has 1 rings (SSSR count). The van der Waals surface area contributed by atoms with E-state index >= 15 is 0 Å². The molecule has 0 fully saturated rings. The molecule has 0 saturated carbocycles. The first-order chi connectivity index (χ1) is 9.04. The minimum atomic E-state index is -1.04. The number of aliphatic hydroxyl groups excluding tert-OH is 1. The molecule has 1 aromatic rings. The maximum atomic E-state index is 13.9. The van der Waals surface area contributed by atoms with Crippen molar-refractivity contribution in [2.24, 2.45) is 0 Å². The highest BCUT2D eigenvalue weighted by Crippen LogP contribution is 2.23. The molecule has 0 aliphatic carbocycles. The molecular formula is C13H17F2NO3. The van der Waals surface area contributed by atoms with Gasteiger partial charge in [0.2, 0.25) is 0 Å². The van der Waals surface area contributed by atoms with Crippen LogP contribution in [-0.4, -0.2) is 30.3 Å². The van der Waals surface area contributed by atoms with Crippen LogP contribution in [0, 0.1) is 11.6 Å². The molecule has 2 N–H and O–H groups in total. The van der Waals surface area contributed by atoms with E-state index in [1.165, 1.54) is 0 Å². The maximum Gasteiger partial charge on any atom is 0.257 e. The van der Waals surface area contributed by atoms with Gasteiger partial charge in [0.25, 0.3) is 5.91 Å². The Bertz CT molecular complexity index is 448. The Balaban J connectivity index is 3.04. The Labute approximate surface area is 110 Å². The first-order valence-corrected chi connectivity index (χ1v) is 6.07. The standard InChI is InChI=1S/C13H17F2NO3/c1-3-8(7-17)16-13(18)11-9(14)5-6-10(12(11)15)19-4-2/h5-6,8,17H,3-4,7H2,1-2H3,(H,16,18). The van der Waals surface area contributed by atoms with Gasteiger partial charge in [0, 0.05) is 0 Å². The van der Waals surface area contributed by atoms with Gasteiger partial charge in [-0.1, -0.05) is 6.92 Å². The molecule has 19 heavy (non-hydrogen) atoms. The third kappa shape index (κ3) is 3.64. The predicted octanol–water partition coefficient (Wildman–Crippen LogP) is 1.86.